The van der Waals surface area contributed by atoms with E-state index in [-0.39, 0.29) is 0 Å². The third kappa shape index (κ3) is 4.40. The highest BCUT2D eigenvalue weighted by Gasteiger charge is 2.09. The van der Waals surface area contributed by atoms with Crippen molar-refractivity contribution in [2.24, 2.45) is 0 Å². The highest BCUT2D eigenvalue weighted by Crippen LogP contribution is 2.06. The van der Waals surface area contributed by atoms with Gasteiger partial charge in [0, 0.05) is 12.7 Å². The SMILES string of the molecule is Cc1nccc(CNCCCN2CCCC2)n1. The highest BCUT2D eigenvalue weighted by molar-refractivity contribution is 5.00. The minimum atomic E-state index is 0.848. The van der Waals surface area contributed by atoms with Crippen molar-refractivity contribution in [1.82, 2.24) is 20.2 Å². The fourth-order valence-electron chi connectivity index (χ4n) is 2.25. The van der Waals surface area contributed by atoms with Gasteiger partial charge in [0.1, 0.15) is 5.82 Å². The fourth-order valence-corrected chi connectivity index (χ4v) is 2.25. The van der Waals surface area contributed by atoms with Crippen molar-refractivity contribution in [1.29, 1.82) is 0 Å². The van der Waals surface area contributed by atoms with Crippen LogP contribution in [-0.2, 0) is 6.54 Å². The van der Waals surface area contributed by atoms with Gasteiger partial charge >= 0.3 is 0 Å². The summed E-state index contributed by atoms with van der Waals surface area (Å²) in [6.45, 7) is 7.67. The van der Waals surface area contributed by atoms with Gasteiger partial charge in [-0.05, 0) is 58.4 Å². The number of aromatic nitrogens is 2. The van der Waals surface area contributed by atoms with Crippen LogP contribution < -0.4 is 5.32 Å². The molecule has 1 aliphatic heterocycles. The lowest BCUT2D eigenvalue weighted by Gasteiger charge is -2.14. The van der Waals surface area contributed by atoms with Gasteiger partial charge in [0.05, 0.1) is 5.69 Å². The Kier molecular flexibility index (Phi) is 4.88. The lowest BCUT2D eigenvalue weighted by molar-refractivity contribution is 0.331. The van der Waals surface area contributed by atoms with E-state index in [1.54, 1.807) is 0 Å². The predicted molar refractivity (Wildman–Crippen MR) is 68.8 cm³/mol. The van der Waals surface area contributed by atoms with Crippen LogP contribution in [0.1, 0.15) is 30.8 Å². The van der Waals surface area contributed by atoms with Gasteiger partial charge in [0.2, 0.25) is 0 Å². The van der Waals surface area contributed by atoms with Gasteiger partial charge in [-0.3, -0.25) is 0 Å². The summed E-state index contributed by atoms with van der Waals surface area (Å²) < 4.78 is 0. The molecule has 0 unspecified atom stereocenters. The van der Waals surface area contributed by atoms with Crippen molar-refractivity contribution in [3.8, 4) is 0 Å². The first-order chi connectivity index (χ1) is 8.34. The summed E-state index contributed by atoms with van der Waals surface area (Å²) in [6, 6.07) is 1.97. The summed E-state index contributed by atoms with van der Waals surface area (Å²) in [5.74, 6) is 0.848. The van der Waals surface area contributed by atoms with Gasteiger partial charge in [0.25, 0.3) is 0 Å². The lowest BCUT2D eigenvalue weighted by Crippen LogP contribution is -2.24. The predicted octanol–water partition coefficient (Wildman–Crippen LogP) is 1.36. The Bertz CT molecular complexity index is 334. The van der Waals surface area contributed by atoms with Gasteiger partial charge in [-0.25, -0.2) is 9.97 Å². The minimum absolute atomic E-state index is 0.848. The number of aryl methyl sites for hydroxylation is 1. The summed E-state index contributed by atoms with van der Waals surface area (Å²) >= 11 is 0. The molecule has 94 valence electrons. The second-order valence-electron chi connectivity index (χ2n) is 4.67. The number of nitrogens with zero attached hydrogens (tertiary/aromatic N) is 3. The average molecular weight is 234 g/mol. The maximum absolute atomic E-state index is 4.36. The minimum Gasteiger partial charge on any atom is -0.311 e. The molecule has 17 heavy (non-hydrogen) atoms. The number of rotatable bonds is 6. The van der Waals surface area contributed by atoms with E-state index in [9.17, 15) is 0 Å². The number of hydrogen-bond donors (Lipinski definition) is 1. The fraction of sp³-hybridized carbons (Fsp3) is 0.692. The van der Waals surface area contributed by atoms with Gasteiger partial charge in [-0.2, -0.15) is 0 Å². The van der Waals surface area contributed by atoms with Crippen LogP contribution in [0, 0.1) is 6.92 Å². The van der Waals surface area contributed by atoms with Gasteiger partial charge in [-0.15, -0.1) is 0 Å². The number of hydrogen-bond acceptors (Lipinski definition) is 4. The zero-order chi connectivity index (χ0) is 11.9. The lowest BCUT2D eigenvalue weighted by atomic mass is 10.3. The summed E-state index contributed by atoms with van der Waals surface area (Å²) in [5, 5.41) is 3.44. The van der Waals surface area contributed by atoms with E-state index in [2.05, 4.69) is 20.2 Å². The van der Waals surface area contributed by atoms with Crippen LogP contribution in [0.4, 0.5) is 0 Å². The average Bonchev–Trinajstić information content (AvgIpc) is 2.82. The van der Waals surface area contributed by atoms with Crippen molar-refractivity contribution in [2.45, 2.75) is 32.7 Å². The van der Waals surface area contributed by atoms with Crippen LogP contribution in [0.2, 0.25) is 0 Å². The molecule has 0 spiro atoms. The molecule has 4 nitrogen and oxygen atoms in total. The molecular weight excluding hydrogens is 212 g/mol. The van der Waals surface area contributed by atoms with Gasteiger partial charge in [0.15, 0.2) is 0 Å². The quantitative estimate of drug-likeness (QED) is 0.755. The van der Waals surface area contributed by atoms with E-state index in [1.807, 2.05) is 19.2 Å². The molecule has 1 aliphatic rings. The molecule has 4 heteroatoms. The van der Waals surface area contributed by atoms with E-state index in [4.69, 9.17) is 0 Å². The van der Waals surface area contributed by atoms with Crippen LogP contribution in [0.25, 0.3) is 0 Å². The molecule has 2 rings (SSSR count). The Hall–Kier alpha value is -1.00. The van der Waals surface area contributed by atoms with E-state index in [1.165, 1.54) is 38.9 Å². The standard InChI is InChI=1S/C13H22N4/c1-12-15-7-5-13(16-12)11-14-6-4-10-17-8-2-3-9-17/h5,7,14H,2-4,6,8-11H2,1H3. The topological polar surface area (TPSA) is 41.1 Å². The zero-order valence-corrected chi connectivity index (χ0v) is 10.7. The van der Waals surface area contributed by atoms with Crippen LogP contribution >= 0.6 is 0 Å². The molecule has 1 N–H and O–H groups in total. The van der Waals surface area contributed by atoms with Crippen LogP contribution in [-0.4, -0.2) is 41.0 Å². The molecule has 0 radical (unpaired) electrons. The maximum Gasteiger partial charge on any atom is 0.125 e. The summed E-state index contributed by atoms with van der Waals surface area (Å²) in [6.07, 6.45) is 5.81. The molecular formula is C13H22N4. The molecule has 0 bridgehead atoms. The maximum atomic E-state index is 4.36. The third-order valence-electron chi connectivity index (χ3n) is 3.17. The number of likely N-dealkylation sites (tertiary alicyclic amines) is 1. The second-order valence-corrected chi connectivity index (χ2v) is 4.67. The molecule has 0 aliphatic carbocycles. The second kappa shape index (κ2) is 6.67. The number of nitrogens with one attached hydrogen (secondary N) is 1. The Balaban J connectivity index is 1.56. The van der Waals surface area contributed by atoms with Crippen LogP contribution in [0.5, 0.6) is 0 Å². The van der Waals surface area contributed by atoms with Crippen molar-refractivity contribution in [3.63, 3.8) is 0 Å². The monoisotopic (exact) mass is 234 g/mol. The Morgan fingerprint density at radius 1 is 1.35 bits per heavy atom. The third-order valence-corrected chi connectivity index (χ3v) is 3.17. The van der Waals surface area contributed by atoms with Crippen molar-refractivity contribution in [2.75, 3.05) is 26.2 Å². The molecule has 1 aromatic heterocycles. The van der Waals surface area contributed by atoms with E-state index < -0.39 is 0 Å². The molecule has 0 aromatic carbocycles. The van der Waals surface area contributed by atoms with E-state index in [0.717, 1.165) is 24.6 Å². The zero-order valence-electron chi connectivity index (χ0n) is 10.7. The molecule has 0 saturated carbocycles. The first kappa shape index (κ1) is 12.5. The Labute approximate surface area is 103 Å². The van der Waals surface area contributed by atoms with Crippen LogP contribution in [0.3, 0.4) is 0 Å². The summed E-state index contributed by atoms with van der Waals surface area (Å²) in [4.78, 5) is 11.0. The molecule has 1 saturated heterocycles. The summed E-state index contributed by atoms with van der Waals surface area (Å²) in [7, 11) is 0. The molecule has 1 aromatic rings. The smallest absolute Gasteiger partial charge is 0.125 e. The Morgan fingerprint density at radius 3 is 2.94 bits per heavy atom. The molecule has 0 atom stereocenters. The van der Waals surface area contributed by atoms with Crippen molar-refractivity contribution in [3.05, 3.63) is 23.8 Å². The highest BCUT2D eigenvalue weighted by atomic mass is 15.1. The molecule has 0 amide bonds. The van der Waals surface area contributed by atoms with Crippen LogP contribution in [0.15, 0.2) is 12.3 Å². The van der Waals surface area contributed by atoms with Gasteiger partial charge in [-0.1, -0.05) is 0 Å². The largest absolute Gasteiger partial charge is 0.311 e. The summed E-state index contributed by atoms with van der Waals surface area (Å²) in [5.41, 5.74) is 1.08. The first-order valence-corrected chi connectivity index (χ1v) is 6.56. The normalized spacial score (nSPS) is 16.5. The Morgan fingerprint density at radius 2 is 2.18 bits per heavy atom. The molecule has 2 heterocycles. The van der Waals surface area contributed by atoms with E-state index in [0.29, 0.717) is 0 Å². The molecule has 1 fully saturated rings. The van der Waals surface area contributed by atoms with Crippen molar-refractivity contribution < 1.29 is 0 Å². The van der Waals surface area contributed by atoms with Gasteiger partial charge < -0.3 is 10.2 Å². The van der Waals surface area contributed by atoms with Crippen molar-refractivity contribution >= 4 is 0 Å². The van der Waals surface area contributed by atoms with E-state index >= 15 is 0 Å². The first-order valence-electron chi connectivity index (χ1n) is 6.56.